The molecule has 0 fully saturated rings. The van der Waals surface area contributed by atoms with Crippen LogP contribution in [-0.4, -0.2) is 55.7 Å². The van der Waals surface area contributed by atoms with Crippen molar-refractivity contribution >= 4 is 41.7 Å². The van der Waals surface area contributed by atoms with Gasteiger partial charge in [-0.2, -0.15) is 11.8 Å². The summed E-state index contributed by atoms with van der Waals surface area (Å²) in [7, 11) is 3.85. The first-order chi connectivity index (χ1) is 10.9. The lowest BCUT2D eigenvalue weighted by molar-refractivity contribution is 0.171. The molecule has 5 nitrogen and oxygen atoms in total. The van der Waals surface area contributed by atoms with Crippen LogP contribution >= 0.6 is 35.7 Å². The summed E-state index contributed by atoms with van der Waals surface area (Å²) in [5.74, 6) is 2.54. The molecule has 0 aliphatic carbocycles. The van der Waals surface area contributed by atoms with Gasteiger partial charge < -0.3 is 19.7 Å². The fourth-order valence-electron chi connectivity index (χ4n) is 2.28. The molecule has 0 saturated carbocycles. The quantitative estimate of drug-likeness (QED) is 0.411. The number of nitrogens with zero attached hydrogens (tertiary/aromatic N) is 2. The smallest absolute Gasteiger partial charge is 0.193 e. The summed E-state index contributed by atoms with van der Waals surface area (Å²) >= 11 is 1.84. The van der Waals surface area contributed by atoms with E-state index >= 15 is 0 Å². The number of hydrogen-bond acceptors (Lipinski definition) is 4. The maximum Gasteiger partial charge on any atom is 0.193 e. The molecule has 0 radical (unpaired) electrons. The largest absolute Gasteiger partial charge is 0.486 e. The Labute approximate surface area is 166 Å². The minimum atomic E-state index is 0. The van der Waals surface area contributed by atoms with E-state index in [4.69, 9.17) is 9.47 Å². The number of ether oxygens (including phenoxy) is 2. The lowest BCUT2D eigenvalue weighted by Crippen LogP contribution is -2.43. The van der Waals surface area contributed by atoms with Gasteiger partial charge in [0.1, 0.15) is 13.2 Å². The van der Waals surface area contributed by atoms with Gasteiger partial charge in [0.2, 0.25) is 0 Å². The monoisotopic (exact) mass is 465 g/mol. The van der Waals surface area contributed by atoms with Crippen molar-refractivity contribution < 1.29 is 9.47 Å². The van der Waals surface area contributed by atoms with Crippen molar-refractivity contribution in [2.45, 2.75) is 25.1 Å². The zero-order valence-corrected chi connectivity index (χ0v) is 18.2. The van der Waals surface area contributed by atoms with Crippen LogP contribution in [0.5, 0.6) is 11.5 Å². The van der Waals surface area contributed by atoms with Crippen molar-refractivity contribution in [3.05, 3.63) is 23.8 Å². The molecule has 1 aliphatic rings. The maximum absolute atomic E-state index is 5.65. The van der Waals surface area contributed by atoms with Crippen LogP contribution in [0.3, 0.4) is 0 Å². The van der Waals surface area contributed by atoms with Gasteiger partial charge in [0, 0.05) is 31.9 Å². The molecular formula is C17H28IN3O2S. The first-order valence-electron chi connectivity index (χ1n) is 7.80. The summed E-state index contributed by atoms with van der Waals surface area (Å²) in [5, 5.41) is 3.44. The van der Waals surface area contributed by atoms with Crippen molar-refractivity contribution in [3.63, 3.8) is 0 Å². The van der Waals surface area contributed by atoms with Crippen LogP contribution in [-0.2, 0) is 6.54 Å². The SMILES string of the molecule is CN=C(NCC(C)(C)SC)N(C)Cc1ccc2c(c1)OCCO2.I. The summed E-state index contributed by atoms with van der Waals surface area (Å²) < 4.78 is 11.4. The third-order valence-electron chi connectivity index (χ3n) is 3.82. The van der Waals surface area contributed by atoms with E-state index < -0.39 is 0 Å². The van der Waals surface area contributed by atoms with E-state index in [-0.39, 0.29) is 28.7 Å². The Hall–Kier alpha value is -0.830. The van der Waals surface area contributed by atoms with Crippen LogP contribution in [0.1, 0.15) is 19.4 Å². The maximum atomic E-state index is 5.65. The van der Waals surface area contributed by atoms with Crippen molar-refractivity contribution in [1.82, 2.24) is 10.2 Å². The van der Waals surface area contributed by atoms with Gasteiger partial charge in [0.05, 0.1) is 0 Å². The van der Waals surface area contributed by atoms with Crippen molar-refractivity contribution in [2.24, 2.45) is 4.99 Å². The molecule has 0 spiro atoms. The number of benzene rings is 1. The van der Waals surface area contributed by atoms with E-state index in [0.29, 0.717) is 13.2 Å². The second-order valence-electron chi connectivity index (χ2n) is 6.20. The summed E-state index contributed by atoms with van der Waals surface area (Å²) in [4.78, 5) is 6.49. The highest BCUT2D eigenvalue weighted by Gasteiger charge is 2.18. The molecule has 0 aromatic heterocycles. The summed E-state index contributed by atoms with van der Waals surface area (Å²) in [6.45, 7) is 7.30. The summed E-state index contributed by atoms with van der Waals surface area (Å²) in [6.07, 6.45) is 2.13. The third-order valence-corrected chi connectivity index (χ3v) is 5.07. The first kappa shape index (κ1) is 21.2. The predicted octanol–water partition coefficient (Wildman–Crippen LogP) is 3.22. The number of nitrogens with one attached hydrogen (secondary N) is 1. The average molecular weight is 465 g/mol. The van der Waals surface area contributed by atoms with Gasteiger partial charge in [0.15, 0.2) is 17.5 Å². The van der Waals surface area contributed by atoms with Gasteiger partial charge in [-0.05, 0) is 37.8 Å². The summed E-state index contributed by atoms with van der Waals surface area (Å²) in [6, 6.07) is 6.10. The molecule has 1 aromatic carbocycles. The predicted molar refractivity (Wildman–Crippen MR) is 113 cm³/mol. The number of aliphatic imine (C=N–C) groups is 1. The lowest BCUT2D eigenvalue weighted by atomic mass is 10.2. The van der Waals surface area contributed by atoms with Crippen LogP contribution in [0, 0.1) is 0 Å². The van der Waals surface area contributed by atoms with E-state index in [2.05, 4.69) is 41.4 Å². The second kappa shape index (κ2) is 9.60. The van der Waals surface area contributed by atoms with Gasteiger partial charge in [-0.3, -0.25) is 4.99 Å². The van der Waals surface area contributed by atoms with Gasteiger partial charge in [0.25, 0.3) is 0 Å². The Morgan fingerprint density at radius 1 is 1.29 bits per heavy atom. The third kappa shape index (κ3) is 5.91. The highest BCUT2D eigenvalue weighted by Crippen LogP contribution is 2.31. The topological polar surface area (TPSA) is 46.1 Å². The van der Waals surface area contributed by atoms with E-state index in [1.807, 2.05) is 38.0 Å². The molecule has 1 heterocycles. The molecule has 136 valence electrons. The molecule has 24 heavy (non-hydrogen) atoms. The zero-order valence-electron chi connectivity index (χ0n) is 15.1. The number of fused-ring (bicyclic) bond motifs is 1. The minimum Gasteiger partial charge on any atom is -0.486 e. The zero-order chi connectivity index (χ0) is 16.9. The summed E-state index contributed by atoms with van der Waals surface area (Å²) in [5.41, 5.74) is 1.17. The van der Waals surface area contributed by atoms with Gasteiger partial charge in [-0.15, -0.1) is 24.0 Å². The molecule has 0 saturated heterocycles. The number of hydrogen-bond donors (Lipinski definition) is 1. The Bertz CT molecular complexity index is 567. The number of thioether (sulfide) groups is 1. The van der Waals surface area contributed by atoms with E-state index in [1.165, 1.54) is 5.56 Å². The standard InChI is InChI=1S/C17H27N3O2S.HI/c1-17(2,23-5)12-19-16(18-3)20(4)11-13-6-7-14-15(10-13)22-9-8-21-14;/h6-7,10H,8-9,11-12H2,1-5H3,(H,18,19);1H. The van der Waals surface area contributed by atoms with Crippen molar-refractivity contribution in [3.8, 4) is 11.5 Å². The second-order valence-corrected chi connectivity index (χ2v) is 7.71. The fraction of sp³-hybridized carbons (Fsp3) is 0.588. The van der Waals surface area contributed by atoms with Crippen LogP contribution < -0.4 is 14.8 Å². The lowest BCUT2D eigenvalue weighted by Gasteiger charge is -2.28. The molecule has 1 aliphatic heterocycles. The number of halogens is 1. The van der Waals surface area contributed by atoms with Gasteiger partial charge in [-0.1, -0.05) is 6.07 Å². The molecule has 0 bridgehead atoms. The minimum absolute atomic E-state index is 0. The van der Waals surface area contributed by atoms with E-state index in [1.54, 1.807) is 0 Å². The Kier molecular flexibility index (Phi) is 8.49. The van der Waals surface area contributed by atoms with Crippen molar-refractivity contribution in [1.29, 1.82) is 0 Å². The van der Waals surface area contributed by atoms with Crippen molar-refractivity contribution in [2.75, 3.05) is 40.1 Å². The fourth-order valence-corrected chi connectivity index (χ4v) is 2.50. The van der Waals surface area contributed by atoms with Crippen LogP contribution in [0.2, 0.25) is 0 Å². The molecule has 1 N–H and O–H groups in total. The average Bonchev–Trinajstić information content (AvgIpc) is 2.55. The highest BCUT2D eigenvalue weighted by atomic mass is 127. The molecule has 1 aromatic rings. The Morgan fingerprint density at radius 2 is 1.96 bits per heavy atom. The Morgan fingerprint density at radius 3 is 2.58 bits per heavy atom. The van der Waals surface area contributed by atoms with Crippen LogP contribution in [0.15, 0.2) is 23.2 Å². The molecule has 0 atom stereocenters. The molecular weight excluding hydrogens is 437 g/mol. The van der Waals surface area contributed by atoms with Gasteiger partial charge in [-0.25, -0.2) is 0 Å². The first-order valence-corrected chi connectivity index (χ1v) is 9.03. The highest BCUT2D eigenvalue weighted by molar-refractivity contribution is 14.0. The molecule has 7 heteroatoms. The number of guanidine groups is 1. The van der Waals surface area contributed by atoms with E-state index in [0.717, 1.165) is 30.5 Å². The normalized spacial score (nSPS) is 14.0. The molecule has 0 amide bonds. The Balaban J connectivity index is 0.00000288. The van der Waals surface area contributed by atoms with Crippen LogP contribution in [0.4, 0.5) is 0 Å². The van der Waals surface area contributed by atoms with E-state index in [9.17, 15) is 0 Å². The number of rotatable bonds is 5. The van der Waals surface area contributed by atoms with Gasteiger partial charge >= 0.3 is 0 Å². The molecule has 0 unspecified atom stereocenters. The molecule has 2 rings (SSSR count). The van der Waals surface area contributed by atoms with Crippen LogP contribution in [0.25, 0.3) is 0 Å².